The molecule has 0 aliphatic heterocycles. The molecule has 0 aliphatic rings. The number of para-hydroxylation sites is 2. The Bertz CT molecular complexity index is 805. The smallest absolute Gasteiger partial charge is 0.161 e. The summed E-state index contributed by atoms with van der Waals surface area (Å²) in [7, 11) is 1.63. The lowest BCUT2D eigenvalue weighted by molar-refractivity contribution is 0.306. The lowest BCUT2D eigenvalue weighted by atomic mass is 10.1. The van der Waals surface area contributed by atoms with Gasteiger partial charge in [-0.25, -0.2) is 9.97 Å². The van der Waals surface area contributed by atoms with E-state index >= 15 is 0 Å². The molecular weight excluding hydrogens is 290 g/mol. The van der Waals surface area contributed by atoms with Gasteiger partial charge in [-0.05, 0) is 31.2 Å². The normalized spacial score (nSPS) is 10.5. The summed E-state index contributed by atoms with van der Waals surface area (Å²) < 4.78 is 11.0. The Morgan fingerprint density at radius 1 is 1.04 bits per heavy atom. The van der Waals surface area contributed by atoms with Crippen LogP contribution in [-0.4, -0.2) is 30.2 Å². The highest BCUT2D eigenvalue weighted by molar-refractivity contribution is 5.89. The van der Waals surface area contributed by atoms with Crippen molar-refractivity contribution in [1.29, 1.82) is 0 Å². The van der Waals surface area contributed by atoms with Crippen LogP contribution in [0, 0.1) is 6.92 Å². The number of benzene rings is 2. The Kier molecular flexibility index (Phi) is 4.57. The van der Waals surface area contributed by atoms with Crippen LogP contribution in [0.5, 0.6) is 11.5 Å². The molecule has 118 valence electrons. The van der Waals surface area contributed by atoms with Gasteiger partial charge in [-0.3, -0.25) is 0 Å². The third-order valence-corrected chi connectivity index (χ3v) is 3.51. The highest BCUT2D eigenvalue weighted by Crippen LogP contribution is 2.25. The molecule has 5 heteroatoms. The van der Waals surface area contributed by atoms with Crippen molar-refractivity contribution in [2.45, 2.75) is 6.92 Å². The number of anilines is 1. The van der Waals surface area contributed by atoms with Gasteiger partial charge in [0.2, 0.25) is 0 Å². The Morgan fingerprint density at radius 3 is 2.70 bits per heavy atom. The largest absolute Gasteiger partial charge is 0.493 e. The van der Waals surface area contributed by atoms with E-state index in [0.29, 0.717) is 13.2 Å². The van der Waals surface area contributed by atoms with Gasteiger partial charge >= 0.3 is 0 Å². The molecule has 0 aliphatic carbocycles. The van der Waals surface area contributed by atoms with E-state index in [1.165, 1.54) is 5.56 Å². The van der Waals surface area contributed by atoms with Crippen LogP contribution in [0.15, 0.2) is 48.8 Å². The summed E-state index contributed by atoms with van der Waals surface area (Å²) in [6.45, 7) is 3.21. The van der Waals surface area contributed by atoms with Crippen LogP contribution < -0.4 is 14.8 Å². The topological polar surface area (TPSA) is 56.3 Å². The van der Waals surface area contributed by atoms with E-state index in [-0.39, 0.29) is 0 Å². The minimum Gasteiger partial charge on any atom is -0.493 e. The second-order valence-corrected chi connectivity index (χ2v) is 5.17. The number of ether oxygens (including phenoxy) is 2. The number of methoxy groups -OCH3 is 1. The van der Waals surface area contributed by atoms with Crippen LogP contribution in [-0.2, 0) is 0 Å². The second-order valence-electron chi connectivity index (χ2n) is 5.17. The highest BCUT2D eigenvalue weighted by atomic mass is 16.5. The Morgan fingerprint density at radius 2 is 1.87 bits per heavy atom. The average Bonchev–Trinajstić information content (AvgIpc) is 2.59. The molecule has 0 bridgehead atoms. The number of hydrogen-bond donors (Lipinski definition) is 1. The standard InChI is InChI=1S/C18H19N3O2/c1-13-7-8-15-14(11-13)18(21-12-20-15)19-9-10-23-17-6-4-3-5-16(17)22-2/h3-8,11-12H,9-10H2,1-2H3,(H,19,20,21). The van der Waals surface area contributed by atoms with Crippen molar-refractivity contribution in [3.05, 3.63) is 54.4 Å². The van der Waals surface area contributed by atoms with Crippen LogP contribution in [0.2, 0.25) is 0 Å². The first-order chi connectivity index (χ1) is 11.3. The highest BCUT2D eigenvalue weighted by Gasteiger charge is 2.05. The van der Waals surface area contributed by atoms with E-state index in [1.54, 1.807) is 13.4 Å². The zero-order chi connectivity index (χ0) is 16.1. The zero-order valence-electron chi connectivity index (χ0n) is 13.2. The maximum atomic E-state index is 5.75. The molecule has 0 spiro atoms. The van der Waals surface area contributed by atoms with E-state index in [0.717, 1.165) is 28.2 Å². The predicted octanol–water partition coefficient (Wildman–Crippen LogP) is 3.44. The molecule has 0 amide bonds. The van der Waals surface area contributed by atoms with Gasteiger partial charge in [-0.15, -0.1) is 0 Å². The van der Waals surface area contributed by atoms with Crippen LogP contribution in [0.1, 0.15) is 5.56 Å². The second kappa shape index (κ2) is 6.96. The fourth-order valence-electron chi connectivity index (χ4n) is 2.38. The Labute approximate surface area is 135 Å². The van der Waals surface area contributed by atoms with Gasteiger partial charge in [0.05, 0.1) is 19.2 Å². The number of aromatic nitrogens is 2. The number of fused-ring (bicyclic) bond motifs is 1. The van der Waals surface area contributed by atoms with Crippen molar-refractivity contribution < 1.29 is 9.47 Å². The summed E-state index contributed by atoms with van der Waals surface area (Å²) >= 11 is 0. The average molecular weight is 309 g/mol. The lowest BCUT2D eigenvalue weighted by Gasteiger charge is -2.12. The molecule has 3 aromatic rings. The van der Waals surface area contributed by atoms with Crippen LogP contribution >= 0.6 is 0 Å². The summed E-state index contributed by atoms with van der Waals surface area (Å²) in [4.78, 5) is 8.61. The van der Waals surface area contributed by atoms with Crippen LogP contribution in [0.3, 0.4) is 0 Å². The molecule has 0 fully saturated rings. The molecule has 1 heterocycles. The summed E-state index contributed by atoms with van der Waals surface area (Å²) in [5.41, 5.74) is 2.11. The predicted molar refractivity (Wildman–Crippen MR) is 91.3 cm³/mol. The lowest BCUT2D eigenvalue weighted by Crippen LogP contribution is -2.13. The number of hydrogen-bond acceptors (Lipinski definition) is 5. The summed E-state index contributed by atoms with van der Waals surface area (Å²) in [6.07, 6.45) is 1.57. The maximum absolute atomic E-state index is 5.75. The summed E-state index contributed by atoms with van der Waals surface area (Å²) in [6, 6.07) is 13.7. The minimum absolute atomic E-state index is 0.512. The number of nitrogens with zero attached hydrogens (tertiary/aromatic N) is 2. The Hall–Kier alpha value is -2.82. The maximum Gasteiger partial charge on any atom is 0.161 e. The van der Waals surface area contributed by atoms with Gasteiger partial charge < -0.3 is 14.8 Å². The molecule has 0 saturated carbocycles. The molecule has 3 rings (SSSR count). The quantitative estimate of drug-likeness (QED) is 0.707. The molecule has 0 atom stereocenters. The third-order valence-electron chi connectivity index (χ3n) is 3.51. The number of aryl methyl sites for hydroxylation is 1. The fourth-order valence-corrected chi connectivity index (χ4v) is 2.38. The molecule has 0 saturated heterocycles. The first-order valence-corrected chi connectivity index (χ1v) is 7.49. The molecule has 0 unspecified atom stereocenters. The first kappa shape index (κ1) is 15.1. The Balaban J connectivity index is 1.64. The summed E-state index contributed by atoms with van der Waals surface area (Å²) in [5.74, 6) is 2.29. The SMILES string of the molecule is COc1ccccc1OCCNc1ncnc2ccc(C)cc12. The monoisotopic (exact) mass is 309 g/mol. The van der Waals surface area contributed by atoms with Crippen molar-refractivity contribution >= 4 is 16.7 Å². The van der Waals surface area contributed by atoms with Gasteiger partial charge in [0.15, 0.2) is 11.5 Å². The molecule has 23 heavy (non-hydrogen) atoms. The van der Waals surface area contributed by atoms with E-state index in [9.17, 15) is 0 Å². The van der Waals surface area contributed by atoms with E-state index < -0.39 is 0 Å². The third kappa shape index (κ3) is 3.51. The molecule has 2 aromatic carbocycles. The minimum atomic E-state index is 0.512. The van der Waals surface area contributed by atoms with Crippen LogP contribution in [0.25, 0.3) is 10.9 Å². The first-order valence-electron chi connectivity index (χ1n) is 7.49. The fraction of sp³-hybridized carbons (Fsp3) is 0.222. The molecule has 0 radical (unpaired) electrons. The van der Waals surface area contributed by atoms with Crippen LogP contribution in [0.4, 0.5) is 5.82 Å². The van der Waals surface area contributed by atoms with E-state index in [2.05, 4.69) is 28.3 Å². The number of rotatable bonds is 6. The summed E-state index contributed by atoms with van der Waals surface area (Å²) in [5, 5.41) is 4.32. The molecule has 5 nitrogen and oxygen atoms in total. The number of nitrogens with one attached hydrogen (secondary N) is 1. The van der Waals surface area contributed by atoms with Crippen molar-refractivity contribution in [3.63, 3.8) is 0 Å². The molecule has 1 aromatic heterocycles. The molecular formula is C18H19N3O2. The van der Waals surface area contributed by atoms with Gasteiger partial charge in [-0.1, -0.05) is 23.8 Å². The van der Waals surface area contributed by atoms with Crippen molar-refractivity contribution in [1.82, 2.24) is 9.97 Å². The van der Waals surface area contributed by atoms with Gasteiger partial charge in [0.25, 0.3) is 0 Å². The van der Waals surface area contributed by atoms with Crippen molar-refractivity contribution in [2.24, 2.45) is 0 Å². The van der Waals surface area contributed by atoms with E-state index in [1.807, 2.05) is 36.4 Å². The van der Waals surface area contributed by atoms with Gasteiger partial charge in [-0.2, -0.15) is 0 Å². The van der Waals surface area contributed by atoms with Crippen molar-refractivity contribution in [2.75, 3.05) is 25.6 Å². The molecule has 1 N–H and O–H groups in total. The zero-order valence-corrected chi connectivity index (χ0v) is 13.2. The van der Waals surface area contributed by atoms with Gasteiger partial charge in [0.1, 0.15) is 18.8 Å². The van der Waals surface area contributed by atoms with Gasteiger partial charge in [0, 0.05) is 5.39 Å². The van der Waals surface area contributed by atoms with E-state index in [4.69, 9.17) is 9.47 Å². The van der Waals surface area contributed by atoms with Crippen molar-refractivity contribution in [3.8, 4) is 11.5 Å².